The van der Waals surface area contributed by atoms with E-state index >= 15 is 0 Å². The fourth-order valence-corrected chi connectivity index (χ4v) is 4.38. The van der Waals surface area contributed by atoms with Gasteiger partial charge in [0.1, 0.15) is 11.3 Å². The van der Waals surface area contributed by atoms with Crippen LogP contribution < -0.4 is 10.3 Å². The lowest BCUT2D eigenvalue weighted by molar-refractivity contribution is -0.384. The molecule has 0 radical (unpaired) electrons. The number of nitrogens with zero attached hydrogens (tertiary/aromatic N) is 3. The van der Waals surface area contributed by atoms with Crippen LogP contribution in [0.25, 0.3) is 21.5 Å². The van der Waals surface area contributed by atoms with Crippen LogP contribution in [0.2, 0.25) is 0 Å². The molecule has 0 atom stereocenters. The third-order valence-corrected chi connectivity index (χ3v) is 6.09. The van der Waals surface area contributed by atoms with Crippen LogP contribution in [-0.4, -0.2) is 29.7 Å². The quantitative estimate of drug-likeness (QED) is 0.174. The average Bonchev–Trinajstić information content (AvgIpc) is 3.04. The summed E-state index contributed by atoms with van der Waals surface area (Å²) < 4.78 is 10.4. The van der Waals surface area contributed by atoms with Crippen LogP contribution in [0, 0.1) is 21.4 Å². The Labute approximate surface area is 229 Å². The largest absolute Gasteiger partial charge is 0.465 e. The SMILES string of the molecule is COC(=O)c1cccc([N+](=O)[O-])c1N(Cc1ccc2c(C#N)cc3ccccc3c(=O)c2c1)C(=O)OC(C)(C)C. The number of amides is 1. The standard InChI is InChI=1S/C30H25N3O7/c1-30(2,3)40-29(36)32(26-23(28(35)39-4)10-7-11-25(26)33(37)38)17-18-12-13-21-20(16-31)15-19-8-5-6-9-22(19)27(34)24(21)14-18/h5-15H,17H2,1-4H3. The Balaban J connectivity index is 1.98. The van der Waals surface area contributed by atoms with Gasteiger partial charge in [0.15, 0.2) is 5.43 Å². The van der Waals surface area contributed by atoms with E-state index in [1.165, 1.54) is 24.3 Å². The molecule has 0 aliphatic rings. The van der Waals surface area contributed by atoms with E-state index in [-0.39, 0.29) is 34.2 Å². The molecule has 4 rings (SSSR count). The highest BCUT2D eigenvalue weighted by molar-refractivity contribution is 6.04. The number of carbonyl (C=O) groups is 2. The molecule has 4 aromatic rings. The Hall–Kier alpha value is -5.30. The van der Waals surface area contributed by atoms with Crippen molar-refractivity contribution in [2.75, 3.05) is 12.0 Å². The van der Waals surface area contributed by atoms with Crippen molar-refractivity contribution in [2.45, 2.75) is 32.9 Å². The van der Waals surface area contributed by atoms with Crippen LogP contribution in [0.15, 0.2) is 71.5 Å². The molecule has 202 valence electrons. The third-order valence-electron chi connectivity index (χ3n) is 6.09. The van der Waals surface area contributed by atoms with E-state index < -0.39 is 28.3 Å². The molecule has 0 spiro atoms. The maximum absolute atomic E-state index is 13.5. The number of carbonyl (C=O) groups excluding carboxylic acids is 2. The van der Waals surface area contributed by atoms with Gasteiger partial charge in [0, 0.05) is 22.2 Å². The van der Waals surface area contributed by atoms with Gasteiger partial charge in [0.25, 0.3) is 5.69 Å². The number of methoxy groups -OCH3 is 1. The van der Waals surface area contributed by atoms with Crippen LogP contribution in [0.4, 0.5) is 16.2 Å². The second kappa shape index (κ2) is 10.8. The number of para-hydroxylation sites is 1. The van der Waals surface area contributed by atoms with E-state index in [1.54, 1.807) is 63.2 Å². The molecule has 1 amide bonds. The van der Waals surface area contributed by atoms with Crippen molar-refractivity contribution in [1.29, 1.82) is 5.26 Å². The van der Waals surface area contributed by atoms with Gasteiger partial charge in [-0.25, -0.2) is 9.59 Å². The lowest BCUT2D eigenvalue weighted by Crippen LogP contribution is -2.37. The van der Waals surface area contributed by atoms with Crippen LogP contribution in [0.5, 0.6) is 0 Å². The fraction of sp³-hybridized carbons (Fsp3) is 0.200. The third kappa shape index (κ3) is 5.44. The van der Waals surface area contributed by atoms with Crippen molar-refractivity contribution in [2.24, 2.45) is 0 Å². The van der Waals surface area contributed by atoms with Crippen molar-refractivity contribution in [3.05, 3.63) is 104 Å². The predicted molar refractivity (Wildman–Crippen MR) is 149 cm³/mol. The topological polar surface area (TPSA) is 140 Å². The van der Waals surface area contributed by atoms with Gasteiger partial charge in [-0.15, -0.1) is 0 Å². The summed E-state index contributed by atoms with van der Waals surface area (Å²) in [6.45, 7) is 4.62. The van der Waals surface area contributed by atoms with Gasteiger partial charge in [-0.1, -0.05) is 42.5 Å². The Morgan fingerprint density at radius 1 is 1.00 bits per heavy atom. The number of nitriles is 1. The summed E-state index contributed by atoms with van der Waals surface area (Å²) >= 11 is 0. The Morgan fingerprint density at radius 2 is 1.73 bits per heavy atom. The molecule has 4 aromatic carbocycles. The Kier molecular flexibility index (Phi) is 7.50. The zero-order valence-corrected chi connectivity index (χ0v) is 22.3. The molecule has 0 aliphatic carbocycles. The number of ether oxygens (including phenoxy) is 2. The number of hydrogen-bond acceptors (Lipinski definition) is 8. The molecular formula is C30H25N3O7. The Bertz CT molecular complexity index is 1790. The maximum atomic E-state index is 13.5. The maximum Gasteiger partial charge on any atom is 0.415 e. The number of nitro benzene ring substituents is 1. The highest BCUT2D eigenvalue weighted by Gasteiger charge is 2.33. The molecule has 0 unspecified atom stereocenters. The lowest BCUT2D eigenvalue weighted by Gasteiger charge is -2.28. The van der Waals surface area contributed by atoms with Gasteiger partial charge < -0.3 is 9.47 Å². The van der Waals surface area contributed by atoms with Crippen LogP contribution in [0.3, 0.4) is 0 Å². The zero-order chi connectivity index (χ0) is 29.2. The van der Waals surface area contributed by atoms with Crippen LogP contribution >= 0.6 is 0 Å². The first-order valence-corrected chi connectivity index (χ1v) is 12.2. The highest BCUT2D eigenvalue weighted by Crippen LogP contribution is 2.35. The molecule has 40 heavy (non-hydrogen) atoms. The molecule has 0 saturated carbocycles. The normalized spacial score (nSPS) is 11.1. The van der Waals surface area contributed by atoms with Crippen molar-refractivity contribution in [3.63, 3.8) is 0 Å². The zero-order valence-electron chi connectivity index (χ0n) is 22.3. The lowest BCUT2D eigenvalue weighted by atomic mass is 10.0. The number of rotatable bonds is 5. The van der Waals surface area contributed by atoms with Crippen molar-refractivity contribution < 1.29 is 24.0 Å². The van der Waals surface area contributed by atoms with E-state index in [0.717, 1.165) is 12.0 Å². The monoisotopic (exact) mass is 539 g/mol. The van der Waals surface area contributed by atoms with E-state index in [1.807, 2.05) is 0 Å². The summed E-state index contributed by atoms with van der Waals surface area (Å²) in [6, 6.07) is 19.2. The second-order valence-electron chi connectivity index (χ2n) is 9.95. The molecular weight excluding hydrogens is 514 g/mol. The summed E-state index contributed by atoms with van der Waals surface area (Å²) in [5, 5.41) is 23.4. The van der Waals surface area contributed by atoms with E-state index in [9.17, 15) is 29.8 Å². The molecule has 10 heteroatoms. The molecule has 0 N–H and O–H groups in total. The van der Waals surface area contributed by atoms with Crippen molar-refractivity contribution in [1.82, 2.24) is 0 Å². The molecule has 0 bridgehead atoms. The number of anilines is 1. The van der Waals surface area contributed by atoms with Gasteiger partial charge in [-0.2, -0.15) is 5.26 Å². The molecule has 0 heterocycles. The highest BCUT2D eigenvalue weighted by atomic mass is 16.6. The minimum atomic E-state index is -0.968. The summed E-state index contributed by atoms with van der Waals surface area (Å²) in [4.78, 5) is 51.9. The van der Waals surface area contributed by atoms with E-state index in [2.05, 4.69) is 6.07 Å². The van der Waals surface area contributed by atoms with Crippen LogP contribution in [-0.2, 0) is 16.0 Å². The first-order chi connectivity index (χ1) is 18.9. The van der Waals surface area contributed by atoms with Gasteiger partial charge in [-0.05, 0) is 49.9 Å². The number of nitro groups is 1. The number of hydrogen-bond donors (Lipinski definition) is 0. The summed E-state index contributed by atoms with van der Waals surface area (Å²) in [6.07, 6.45) is -0.948. The molecule has 0 aliphatic heterocycles. The van der Waals surface area contributed by atoms with Gasteiger partial charge >= 0.3 is 12.1 Å². The van der Waals surface area contributed by atoms with E-state index in [0.29, 0.717) is 21.7 Å². The van der Waals surface area contributed by atoms with Crippen molar-refractivity contribution >= 4 is 45.0 Å². The van der Waals surface area contributed by atoms with Crippen molar-refractivity contribution in [3.8, 4) is 6.07 Å². The predicted octanol–water partition coefficient (Wildman–Crippen LogP) is 5.86. The molecule has 0 aromatic heterocycles. The first kappa shape index (κ1) is 27.7. The van der Waals surface area contributed by atoms with E-state index in [4.69, 9.17) is 9.47 Å². The average molecular weight is 540 g/mol. The number of fused-ring (bicyclic) bond motifs is 2. The molecule has 0 saturated heterocycles. The van der Waals surface area contributed by atoms with Gasteiger partial charge in [-0.3, -0.25) is 19.8 Å². The fourth-order valence-electron chi connectivity index (χ4n) is 4.38. The minimum absolute atomic E-state index is 0.211. The first-order valence-electron chi connectivity index (χ1n) is 12.2. The smallest absolute Gasteiger partial charge is 0.415 e. The van der Waals surface area contributed by atoms with Gasteiger partial charge in [0.2, 0.25) is 0 Å². The minimum Gasteiger partial charge on any atom is -0.465 e. The van der Waals surface area contributed by atoms with Crippen LogP contribution in [0.1, 0.15) is 42.3 Å². The number of esters is 1. The molecule has 10 nitrogen and oxygen atoms in total. The summed E-state index contributed by atoms with van der Waals surface area (Å²) in [7, 11) is 1.12. The molecule has 0 fully saturated rings. The Morgan fingerprint density at radius 3 is 2.38 bits per heavy atom. The van der Waals surface area contributed by atoms with Gasteiger partial charge in [0.05, 0.1) is 35.8 Å². The second-order valence-corrected chi connectivity index (χ2v) is 9.95. The summed E-state index contributed by atoms with van der Waals surface area (Å²) in [5.41, 5.74) is -1.62. The summed E-state index contributed by atoms with van der Waals surface area (Å²) in [5.74, 6) is -0.884. The number of benzene rings is 3.